The van der Waals surface area contributed by atoms with Gasteiger partial charge < -0.3 is 19.7 Å². The first-order chi connectivity index (χ1) is 15.6. The van der Waals surface area contributed by atoms with Gasteiger partial charge in [0.1, 0.15) is 6.04 Å². The van der Waals surface area contributed by atoms with E-state index in [9.17, 15) is 9.59 Å². The number of nitrogens with one attached hydrogen (secondary N) is 1. The molecule has 0 aromatic heterocycles. The number of halogens is 1. The van der Waals surface area contributed by atoms with E-state index >= 15 is 0 Å². The Hall–Kier alpha value is -2.73. The minimum absolute atomic E-state index is 0.0874. The first-order valence-corrected chi connectivity index (χ1v) is 11.5. The zero-order chi connectivity index (χ0) is 24.6. The SMILES string of the molecule is CC[C@H](C(=O)NC(C)(C)C)N(Cc1ccc(Cl)cc1)C(=O)CCc1ccc(OC)c(OC)c1. The molecule has 0 spiro atoms. The summed E-state index contributed by atoms with van der Waals surface area (Å²) < 4.78 is 10.7. The van der Waals surface area contributed by atoms with Crippen molar-refractivity contribution in [2.24, 2.45) is 0 Å². The van der Waals surface area contributed by atoms with E-state index in [0.29, 0.717) is 35.9 Å². The predicted molar refractivity (Wildman–Crippen MR) is 132 cm³/mol. The minimum atomic E-state index is -0.571. The van der Waals surface area contributed by atoms with Gasteiger partial charge >= 0.3 is 0 Å². The Balaban J connectivity index is 2.24. The molecule has 2 aromatic rings. The van der Waals surface area contributed by atoms with Crippen LogP contribution < -0.4 is 14.8 Å². The molecule has 0 radical (unpaired) electrons. The first-order valence-electron chi connectivity index (χ1n) is 11.1. The summed E-state index contributed by atoms with van der Waals surface area (Å²) in [7, 11) is 3.17. The highest BCUT2D eigenvalue weighted by Gasteiger charge is 2.30. The fraction of sp³-hybridized carbons (Fsp3) is 0.462. The molecule has 6 nitrogen and oxygen atoms in total. The summed E-state index contributed by atoms with van der Waals surface area (Å²) in [4.78, 5) is 28.1. The fourth-order valence-corrected chi connectivity index (χ4v) is 3.72. The molecule has 0 fully saturated rings. The van der Waals surface area contributed by atoms with Gasteiger partial charge in [-0.3, -0.25) is 9.59 Å². The Labute approximate surface area is 202 Å². The molecule has 0 saturated heterocycles. The highest BCUT2D eigenvalue weighted by molar-refractivity contribution is 6.30. The number of amides is 2. The van der Waals surface area contributed by atoms with Gasteiger partial charge in [0.25, 0.3) is 0 Å². The molecule has 2 rings (SSSR count). The van der Waals surface area contributed by atoms with Gasteiger partial charge in [-0.25, -0.2) is 0 Å². The van der Waals surface area contributed by atoms with Crippen LogP contribution in [0.15, 0.2) is 42.5 Å². The summed E-state index contributed by atoms with van der Waals surface area (Å²) in [6.07, 6.45) is 1.30. The lowest BCUT2D eigenvalue weighted by Crippen LogP contribution is -2.53. The third-order valence-electron chi connectivity index (χ3n) is 5.23. The quantitative estimate of drug-likeness (QED) is 0.525. The van der Waals surface area contributed by atoms with Gasteiger partial charge in [-0.2, -0.15) is 0 Å². The van der Waals surface area contributed by atoms with E-state index in [1.54, 1.807) is 31.3 Å². The second kappa shape index (κ2) is 11.9. The van der Waals surface area contributed by atoms with Crippen molar-refractivity contribution in [3.63, 3.8) is 0 Å². The maximum absolute atomic E-state index is 13.4. The van der Waals surface area contributed by atoms with Crippen molar-refractivity contribution in [3.05, 3.63) is 58.6 Å². The van der Waals surface area contributed by atoms with Crippen LogP contribution in [0, 0.1) is 0 Å². The highest BCUT2D eigenvalue weighted by Crippen LogP contribution is 2.28. The average molecular weight is 475 g/mol. The zero-order valence-corrected chi connectivity index (χ0v) is 21.2. The van der Waals surface area contributed by atoms with Crippen molar-refractivity contribution in [1.29, 1.82) is 0 Å². The number of hydrogen-bond acceptors (Lipinski definition) is 4. The Morgan fingerprint density at radius 1 is 1.00 bits per heavy atom. The van der Waals surface area contributed by atoms with Crippen molar-refractivity contribution in [2.45, 2.75) is 65.1 Å². The number of carbonyl (C=O) groups excluding carboxylic acids is 2. The van der Waals surface area contributed by atoms with Crippen LogP contribution in [0.2, 0.25) is 5.02 Å². The Morgan fingerprint density at radius 2 is 1.61 bits per heavy atom. The number of hydrogen-bond donors (Lipinski definition) is 1. The maximum Gasteiger partial charge on any atom is 0.243 e. The number of nitrogens with zero attached hydrogens (tertiary/aromatic N) is 1. The lowest BCUT2D eigenvalue weighted by molar-refractivity contribution is -0.142. The maximum atomic E-state index is 13.4. The van der Waals surface area contributed by atoms with Crippen molar-refractivity contribution < 1.29 is 19.1 Å². The van der Waals surface area contributed by atoms with Crippen LogP contribution in [0.1, 0.15) is 51.7 Å². The molecule has 0 bridgehead atoms. The van der Waals surface area contributed by atoms with Crippen molar-refractivity contribution >= 4 is 23.4 Å². The lowest BCUT2D eigenvalue weighted by atomic mass is 10.0. The van der Waals surface area contributed by atoms with E-state index in [1.807, 2.05) is 58.0 Å². The molecule has 1 N–H and O–H groups in total. The molecular weight excluding hydrogens is 440 g/mol. The van der Waals surface area contributed by atoms with Crippen LogP contribution in [0.5, 0.6) is 11.5 Å². The molecule has 0 unspecified atom stereocenters. The molecule has 0 saturated carbocycles. The summed E-state index contributed by atoms with van der Waals surface area (Å²) in [5, 5.41) is 3.64. The number of ether oxygens (including phenoxy) is 2. The van der Waals surface area contributed by atoms with Gasteiger partial charge in [-0.1, -0.05) is 36.7 Å². The van der Waals surface area contributed by atoms with E-state index in [2.05, 4.69) is 5.32 Å². The van der Waals surface area contributed by atoms with E-state index in [1.165, 1.54) is 0 Å². The number of carbonyl (C=O) groups is 2. The largest absolute Gasteiger partial charge is 0.493 e. The van der Waals surface area contributed by atoms with Crippen LogP contribution in [0.4, 0.5) is 0 Å². The second-order valence-corrected chi connectivity index (χ2v) is 9.44. The van der Waals surface area contributed by atoms with Gasteiger partial charge in [0.15, 0.2) is 11.5 Å². The van der Waals surface area contributed by atoms with Crippen molar-refractivity contribution in [3.8, 4) is 11.5 Å². The number of methoxy groups -OCH3 is 2. The molecular formula is C26H35ClN2O4. The van der Waals surface area contributed by atoms with Gasteiger partial charge in [-0.15, -0.1) is 0 Å². The third-order valence-corrected chi connectivity index (χ3v) is 5.48. The van der Waals surface area contributed by atoms with Gasteiger partial charge in [0, 0.05) is 23.5 Å². The molecule has 33 heavy (non-hydrogen) atoms. The van der Waals surface area contributed by atoms with E-state index < -0.39 is 6.04 Å². The van der Waals surface area contributed by atoms with Crippen molar-refractivity contribution in [2.75, 3.05) is 14.2 Å². The summed E-state index contributed by atoms with van der Waals surface area (Å²) in [5.74, 6) is 1.02. The van der Waals surface area contributed by atoms with Crippen LogP contribution in [0.25, 0.3) is 0 Å². The summed E-state index contributed by atoms with van der Waals surface area (Å²) in [5.41, 5.74) is 1.49. The standard InChI is InChI=1S/C26H35ClN2O4/c1-7-21(25(31)28-26(2,3)4)29(17-19-8-12-20(27)13-9-19)24(30)15-11-18-10-14-22(32-5)23(16-18)33-6/h8-10,12-14,16,21H,7,11,15,17H2,1-6H3,(H,28,31)/t21-/m1/s1. The van der Waals surface area contributed by atoms with Crippen LogP contribution in [-0.2, 0) is 22.6 Å². The van der Waals surface area contributed by atoms with Crippen LogP contribution in [0.3, 0.4) is 0 Å². The summed E-state index contributed by atoms with van der Waals surface area (Å²) in [6, 6.07) is 12.4. The lowest BCUT2D eigenvalue weighted by Gasteiger charge is -2.33. The molecule has 0 aliphatic rings. The Bertz CT molecular complexity index is 938. The molecule has 0 heterocycles. The second-order valence-electron chi connectivity index (χ2n) is 9.00. The molecule has 2 amide bonds. The molecule has 180 valence electrons. The first kappa shape index (κ1) is 26.5. The number of benzene rings is 2. The molecule has 1 atom stereocenters. The van der Waals surface area contributed by atoms with Gasteiger partial charge in [0.2, 0.25) is 11.8 Å². The minimum Gasteiger partial charge on any atom is -0.493 e. The summed E-state index contributed by atoms with van der Waals surface area (Å²) >= 11 is 6.02. The number of rotatable bonds is 10. The molecule has 0 aliphatic heterocycles. The topological polar surface area (TPSA) is 67.9 Å². The highest BCUT2D eigenvalue weighted by atomic mass is 35.5. The summed E-state index contributed by atoms with van der Waals surface area (Å²) in [6.45, 7) is 8.04. The van der Waals surface area contributed by atoms with E-state index in [0.717, 1.165) is 11.1 Å². The monoisotopic (exact) mass is 474 g/mol. The zero-order valence-electron chi connectivity index (χ0n) is 20.4. The van der Waals surface area contributed by atoms with E-state index in [4.69, 9.17) is 21.1 Å². The van der Waals surface area contributed by atoms with Crippen molar-refractivity contribution in [1.82, 2.24) is 10.2 Å². The van der Waals surface area contributed by atoms with Crippen LogP contribution >= 0.6 is 11.6 Å². The normalized spacial score (nSPS) is 12.1. The van der Waals surface area contributed by atoms with Gasteiger partial charge in [-0.05, 0) is 69.0 Å². The van der Waals surface area contributed by atoms with Crippen LogP contribution in [-0.4, -0.2) is 42.5 Å². The van der Waals surface area contributed by atoms with Gasteiger partial charge in [0.05, 0.1) is 14.2 Å². The molecule has 0 aliphatic carbocycles. The van der Waals surface area contributed by atoms with E-state index in [-0.39, 0.29) is 23.8 Å². The third kappa shape index (κ3) is 7.97. The average Bonchev–Trinajstić information content (AvgIpc) is 2.77. The molecule has 7 heteroatoms. The predicted octanol–water partition coefficient (Wildman–Crippen LogP) is 5.01. The smallest absolute Gasteiger partial charge is 0.243 e. The number of aryl methyl sites for hydroxylation is 1. The molecule has 2 aromatic carbocycles. The Kier molecular flexibility index (Phi) is 9.59. The Morgan fingerprint density at radius 3 is 2.15 bits per heavy atom. The fourth-order valence-electron chi connectivity index (χ4n) is 3.59.